The SMILES string of the molecule is CN=C(NCC(=O)NC(C)(C)C)NCC1(SC)CCOCC1. The maximum atomic E-state index is 11.8. The molecule has 1 aliphatic rings. The minimum absolute atomic E-state index is 0.0407. The molecule has 22 heavy (non-hydrogen) atoms. The predicted octanol–water partition coefficient (Wildman–Crippen LogP) is 0.978. The number of nitrogens with one attached hydrogen (secondary N) is 3. The van der Waals surface area contributed by atoms with Gasteiger partial charge < -0.3 is 20.7 Å². The van der Waals surface area contributed by atoms with E-state index in [4.69, 9.17) is 4.74 Å². The maximum absolute atomic E-state index is 11.8. The lowest BCUT2D eigenvalue weighted by Gasteiger charge is -2.36. The van der Waals surface area contributed by atoms with Gasteiger partial charge in [0.05, 0.1) is 6.54 Å². The summed E-state index contributed by atoms with van der Waals surface area (Å²) in [6, 6.07) is 0. The Morgan fingerprint density at radius 3 is 2.41 bits per heavy atom. The highest BCUT2D eigenvalue weighted by Gasteiger charge is 2.31. The van der Waals surface area contributed by atoms with E-state index in [-0.39, 0.29) is 22.7 Å². The van der Waals surface area contributed by atoms with Gasteiger partial charge in [0.2, 0.25) is 5.91 Å². The fourth-order valence-corrected chi connectivity index (χ4v) is 3.08. The van der Waals surface area contributed by atoms with Gasteiger partial charge in [-0.2, -0.15) is 11.8 Å². The molecule has 0 aromatic heterocycles. The van der Waals surface area contributed by atoms with Crippen LogP contribution in [0.4, 0.5) is 0 Å². The van der Waals surface area contributed by atoms with E-state index in [1.807, 2.05) is 32.5 Å². The van der Waals surface area contributed by atoms with Crippen molar-refractivity contribution in [3.05, 3.63) is 0 Å². The molecule has 128 valence electrons. The molecule has 0 aromatic rings. The molecule has 0 spiro atoms. The van der Waals surface area contributed by atoms with Crippen LogP contribution in [0.2, 0.25) is 0 Å². The largest absolute Gasteiger partial charge is 0.381 e. The third kappa shape index (κ3) is 6.87. The van der Waals surface area contributed by atoms with Gasteiger partial charge in [-0.05, 0) is 39.9 Å². The second kappa shape index (κ2) is 8.62. The zero-order valence-corrected chi connectivity index (χ0v) is 15.2. The molecule has 7 heteroatoms. The predicted molar refractivity (Wildman–Crippen MR) is 93.6 cm³/mol. The first kappa shape index (κ1) is 19.1. The number of aliphatic imine (C=N–C) groups is 1. The van der Waals surface area contributed by atoms with Crippen molar-refractivity contribution in [2.75, 3.05) is 39.6 Å². The van der Waals surface area contributed by atoms with Crippen molar-refractivity contribution in [2.24, 2.45) is 4.99 Å². The smallest absolute Gasteiger partial charge is 0.239 e. The van der Waals surface area contributed by atoms with Crippen molar-refractivity contribution in [3.63, 3.8) is 0 Å². The number of ether oxygens (including phenoxy) is 1. The molecular weight excluding hydrogens is 300 g/mol. The van der Waals surface area contributed by atoms with Crippen molar-refractivity contribution in [2.45, 2.75) is 43.9 Å². The minimum atomic E-state index is -0.222. The van der Waals surface area contributed by atoms with Crippen LogP contribution in [0, 0.1) is 0 Å². The minimum Gasteiger partial charge on any atom is -0.381 e. The third-order valence-corrected chi connectivity index (χ3v) is 4.99. The van der Waals surface area contributed by atoms with Crippen LogP contribution < -0.4 is 16.0 Å². The van der Waals surface area contributed by atoms with Gasteiger partial charge in [0.1, 0.15) is 0 Å². The number of carbonyl (C=O) groups excluding carboxylic acids is 1. The van der Waals surface area contributed by atoms with Crippen molar-refractivity contribution in [1.82, 2.24) is 16.0 Å². The van der Waals surface area contributed by atoms with Gasteiger partial charge in [0.25, 0.3) is 0 Å². The number of thioether (sulfide) groups is 1. The molecule has 0 unspecified atom stereocenters. The molecule has 6 nitrogen and oxygen atoms in total. The summed E-state index contributed by atoms with van der Waals surface area (Å²) in [5.74, 6) is 0.616. The van der Waals surface area contributed by atoms with Crippen LogP contribution in [-0.2, 0) is 9.53 Å². The van der Waals surface area contributed by atoms with Crippen molar-refractivity contribution in [3.8, 4) is 0 Å². The lowest BCUT2D eigenvalue weighted by Crippen LogP contribution is -2.51. The number of rotatable bonds is 5. The zero-order valence-electron chi connectivity index (χ0n) is 14.4. The molecule has 1 fully saturated rings. The van der Waals surface area contributed by atoms with Gasteiger partial charge in [-0.1, -0.05) is 0 Å². The van der Waals surface area contributed by atoms with Crippen LogP contribution in [0.15, 0.2) is 4.99 Å². The van der Waals surface area contributed by atoms with Crippen LogP contribution >= 0.6 is 11.8 Å². The van der Waals surface area contributed by atoms with E-state index in [0.717, 1.165) is 32.6 Å². The number of amides is 1. The summed E-state index contributed by atoms with van der Waals surface area (Å²) in [5.41, 5.74) is -0.222. The third-order valence-electron chi connectivity index (χ3n) is 3.57. The molecule has 1 heterocycles. The summed E-state index contributed by atoms with van der Waals surface area (Å²) in [6.07, 6.45) is 4.20. The first-order valence-corrected chi connectivity index (χ1v) is 8.91. The Balaban J connectivity index is 2.40. The Morgan fingerprint density at radius 2 is 1.91 bits per heavy atom. The average Bonchev–Trinajstić information content (AvgIpc) is 2.46. The zero-order chi connectivity index (χ0) is 16.6. The second-order valence-corrected chi connectivity index (χ2v) is 7.85. The van der Waals surface area contributed by atoms with E-state index in [1.54, 1.807) is 7.05 Å². The van der Waals surface area contributed by atoms with Crippen LogP contribution in [0.3, 0.4) is 0 Å². The van der Waals surface area contributed by atoms with Gasteiger partial charge in [0, 0.05) is 37.1 Å². The Morgan fingerprint density at radius 1 is 1.27 bits per heavy atom. The summed E-state index contributed by atoms with van der Waals surface area (Å²) >= 11 is 1.87. The van der Waals surface area contributed by atoms with Gasteiger partial charge in [-0.15, -0.1) is 0 Å². The Labute approximate surface area is 138 Å². The molecule has 0 aromatic carbocycles. The van der Waals surface area contributed by atoms with Crippen molar-refractivity contribution in [1.29, 1.82) is 0 Å². The number of hydrogen-bond donors (Lipinski definition) is 3. The summed E-state index contributed by atoms with van der Waals surface area (Å²) in [5, 5.41) is 9.31. The topological polar surface area (TPSA) is 74.8 Å². The normalized spacial score (nSPS) is 18.7. The van der Waals surface area contributed by atoms with Gasteiger partial charge in [-0.25, -0.2) is 0 Å². The van der Waals surface area contributed by atoms with Gasteiger partial charge in [0.15, 0.2) is 5.96 Å². The quantitative estimate of drug-likeness (QED) is 0.517. The Hall–Kier alpha value is -0.950. The number of guanidine groups is 1. The standard InChI is InChI=1S/C15H30N4O2S/c1-14(2,3)19-12(20)10-17-13(16-4)18-11-15(22-5)6-8-21-9-7-15/h6-11H2,1-5H3,(H,19,20)(H2,16,17,18). The highest BCUT2D eigenvalue weighted by molar-refractivity contribution is 8.00. The van der Waals surface area contributed by atoms with Crippen molar-refractivity contribution >= 4 is 23.6 Å². The number of nitrogens with zero attached hydrogens (tertiary/aromatic N) is 1. The van der Waals surface area contributed by atoms with Gasteiger partial charge in [-0.3, -0.25) is 9.79 Å². The first-order valence-electron chi connectivity index (χ1n) is 7.69. The second-order valence-electron chi connectivity index (χ2n) is 6.58. The highest BCUT2D eigenvalue weighted by Crippen LogP contribution is 2.32. The van der Waals surface area contributed by atoms with E-state index in [9.17, 15) is 4.79 Å². The van der Waals surface area contributed by atoms with Crippen LogP contribution in [0.1, 0.15) is 33.6 Å². The van der Waals surface area contributed by atoms with Crippen LogP contribution in [0.25, 0.3) is 0 Å². The summed E-state index contributed by atoms with van der Waals surface area (Å²) in [6.45, 7) is 8.54. The molecule has 3 N–H and O–H groups in total. The van der Waals surface area contributed by atoms with E-state index in [1.165, 1.54) is 0 Å². The maximum Gasteiger partial charge on any atom is 0.239 e. The molecule has 1 amide bonds. The highest BCUT2D eigenvalue weighted by atomic mass is 32.2. The van der Waals surface area contributed by atoms with Crippen LogP contribution in [-0.4, -0.2) is 61.8 Å². The van der Waals surface area contributed by atoms with E-state index >= 15 is 0 Å². The molecule has 1 rings (SSSR count). The first-order chi connectivity index (χ1) is 10.3. The monoisotopic (exact) mass is 330 g/mol. The molecule has 0 bridgehead atoms. The summed E-state index contributed by atoms with van der Waals surface area (Å²) < 4.78 is 5.63. The van der Waals surface area contributed by atoms with Gasteiger partial charge >= 0.3 is 0 Å². The fraction of sp³-hybridized carbons (Fsp3) is 0.867. The average molecular weight is 330 g/mol. The van der Waals surface area contributed by atoms with E-state index < -0.39 is 0 Å². The molecule has 1 saturated heterocycles. The lowest BCUT2D eigenvalue weighted by atomic mass is 9.99. The Kier molecular flexibility index (Phi) is 7.48. The van der Waals surface area contributed by atoms with Crippen molar-refractivity contribution < 1.29 is 9.53 Å². The lowest BCUT2D eigenvalue weighted by molar-refractivity contribution is -0.121. The van der Waals surface area contributed by atoms with E-state index in [0.29, 0.717) is 5.96 Å². The van der Waals surface area contributed by atoms with E-state index in [2.05, 4.69) is 27.2 Å². The molecular formula is C15H30N4O2S. The molecule has 0 saturated carbocycles. The molecule has 0 aliphatic carbocycles. The number of hydrogen-bond acceptors (Lipinski definition) is 4. The molecule has 0 atom stereocenters. The summed E-state index contributed by atoms with van der Waals surface area (Å²) in [7, 11) is 1.72. The molecule has 0 radical (unpaired) electrons. The Bertz CT molecular complexity index is 387. The fourth-order valence-electron chi connectivity index (χ4n) is 2.29. The number of carbonyl (C=O) groups is 1. The summed E-state index contributed by atoms with van der Waals surface area (Å²) in [4.78, 5) is 16.0. The molecule has 1 aliphatic heterocycles. The van der Waals surface area contributed by atoms with Crippen LogP contribution in [0.5, 0.6) is 0 Å².